The van der Waals surface area contributed by atoms with Crippen molar-refractivity contribution < 1.29 is 9.32 Å². The number of benzene rings is 1. The van der Waals surface area contributed by atoms with Crippen molar-refractivity contribution in [3.63, 3.8) is 0 Å². The summed E-state index contributed by atoms with van der Waals surface area (Å²) in [5.74, 6) is 0.0490. The maximum Gasteiger partial charge on any atom is 0.328 e. The molecular weight excluding hydrogens is 244 g/mol. The third kappa shape index (κ3) is 2.54. The van der Waals surface area contributed by atoms with Crippen LogP contribution < -0.4 is 11.1 Å². The van der Waals surface area contributed by atoms with E-state index >= 15 is 0 Å². The van der Waals surface area contributed by atoms with Crippen molar-refractivity contribution in [2.24, 2.45) is 0 Å². The van der Waals surface area contributed by atoms with Gasteiger partial charge in [-0.2, -0.15) is 4.98 Å². The van der Waals surface area contributed by atoms with Gasteiger partial charge in [-0.25, -0.2) is 0 Å². The highest BCUT2D eigenvalue weighted by molar-refractivity contribution is 6.33. The van der Waals surface area contributed by atoms with Gasteiger partial charge in [0.2, 0.25) is 0 Å². The van der Waals surface area contributed by atoms with Crippen LogP contribution in [0.2, 0.25) is 5.02 Å². The van der Waals surface area contributed by atoms with Crippen molar-refractivity contribution in [3.8, 4) is 0 Å². The Morgan fingerprint density at radius 2 is 2.29 bits per heavy atom. The summed E-state index contributed by atoms with van der Waals surface area (Å²) in [5.41, 5.74) is 6.29. The standard InChI is InChI=1S/C10H9ClN4O2/c1-5-13-10(17-15-5)14-9(16)6-2-3-7(11)8(12)4-6/h2-4H,12H2,1H3,(H,13,14,15,16). The number of rotatable bonds is 2. The minimum atomic E-state index is -0.392. The van der Waals surface area contributed by atoms with Gasteiger partial charge in [0, 0.05) is 5.56 Å². The molecule has 0 aliphatic heterocycles. The number of amides is 1. The van der Waals surface area contributed by atoms with Crippen LogP contribution in [0.3, 0.4) is 0 Å². The fourth-order valence-electron chi connectivity index (χ4n) is 1.20. The maximum atomic E-state index is 11.7. The summed E-state index contributed by atoms with van der Waals surface area (Å²) < 4.78 is 4.76. The summed E-state index contributed by atoms with van der Waals surface area (Å²) in [6.45, 7) is 1.65. The molecule has 0 atom stereocenters. The fourth-order valence-corrected chi connectivity index (χ4v) is 1.32. The number of aromatic nitrogens is 2. The molecule has 0 fully saturated rings. The van der Waals surface area contributed by atoms with Gasteiger partial charge >= 0.3 is 6.01 Å². The van der Waals surface area contributed by atoms with Crippen molar-refractivity contribution in [2.75, 3.05) is 11.1 Å². The van der Waals surface area contributed by atoms with Gasteiger partial charge in [0.15, 0.2) is 5.82 Å². The molecular formula is C10H9ClN4O2. The number of carbonyl (C=O) groups is 1. The van der Waals surface area contributed by atoms with E-state index in [-0.39, 0.29) is 6.01 Å². The zero-order valence-electron chi connectivity index (χ0n) is 8.90. The molecule has 2 rings (SSSR count). The van der Waals surface area contributed by atoms with Crippen LogP contribution >= 0.6 is 11.6 Å². The van der Waals surface area contributed by atoms with E-state index in [0.29, 0.717) is 22.1 Å². The predicted molar refractivity (Wildman–Crippen MR) is 62.9 cm³/mol. The Morgan fingerprint density at radius 1 is 1.53 bits per heavy atom. The molecule has 0 saturated carbocycles. The van der Waals surface area contributed by atoms with Crippen molar-refractivity contribution in [3.05, 3.63) is 34.6 Å². The lowest BCUT2D eigenvalue weighted by atomic mass is 10.2. The highest BCUT2D eigenvalue weighted by Gasteiger charge is 2.11. The normalized spacial score (nSPS) is 10.2. The number of halogens is 1. The van der Waals surface area contributed by atoms with Gasteiger partial charge in [0.25, 0.3) is 5.91 Å². The number of hydrogen-bond donors (Lipinski definition) is 2. The minimum absolute atomic E-state index is 0.0426. The summed E-state index contributed by atoms with van der Waals surface area (Å²) >= 11 is 5.75. The maximum absolute atomic E-state index is 11.7. The minimum Gasteiger partial charge on any atom is -0.398 e. The summed E-state index contributed by atoms with van der Waals surface area (Å²) in [7, 11) is 0. The molecule has 0 radical (unpaired) electrons. The zero-order chi connectivity index (χ0) is 12.4. The van der Waals surface area contributed by atoms with Crippen LogP contribution in [0.4, 0.5) is 11.7 Å². The monoisotopic (exact) mass is 252 g/mol. The molecule has 6 nitrogen and oxygen atoms in total. The third-order valence-corrected chi connectivity index (χ3v) is 2.35. The SMILES string of the molecule is Cc1noc(NC(=O)c2ccc(Cl)c(N)c2)n1. The average Bonchev–Trinajstić information content (AvgIpc) is 2.68. The molecule has 1 heterocycles. The third-order valence-electron chi connectivity index (χ3n) is 2.01. The van der Waals surface area contributed by atoms with Crippen LogP contribution in [0.15, 0.2) is 22.7 Å². The molecule has 0 unspecified atom stereocenters. The van der Waals surface area contributed by atoms with Crippen LogP contribution in [0, 0.1) is 6.92 Å². The van der Waals surface area contributed by atoms with Crippen LogP contribution in [-0.4, -0.2) is 16.0 Å². The first-order valence-electron chi connectivity index (χ1n) is 4.73. The van der Waals surface area contributed by atoms with E-state index in [2.05, 4.69) is 15.5 Å². The van der Waals surface area contributed by atoms with Gasteiger partial charge in [-0.1, -0.05) is 16.8 Å². The van der Waals surface area contributed by atoms with E-state index in [4.69, 9.17) is 21.9 Å². The van der Waals surface area contributed by atoms with Crippen molar-refractivity contribution in [1.82, 2.24) is 10.1 Å². The lowest BCUT2D eigenvalue weighted by molar-refractivity contribution is 0.102. The molecule has 1 aromatic heterocycles. The molecule has 0 bridgehead atoms. The Labute approximate surface area is 102 Å². The lowest BCUT2D eigenvalue weighted by Crippen LogP contribution is -2.12. The number of nitrogens with zero attached hydrogens (tertiary/aromatic N) is 2. The van der Waals surface area contributed by atoms with E-state index in [1.54, 1.807) is 19.1 Å². The molecule has 0 spiro atoms. The second-order valence-electron chi connectivity index (χ2n) is 3.34. The largest absolute Gasteiger partial charge is 0.398 e. The second kappa shape index (κ2) is 4.42. The van der Waals surface area contributed by atoms with Crippen LogP contribution in [0.5, 0.6) is 0 Å². The highest BCUT2D eigenvalue weighted by Crippen LogP contribution is 2.20. The number of hydrogen-bond acceptors (Lipinski definition) is 5. The van der Waals surface area contributed by atoms with E-state index in [1.807, 2.05) is 0 Å². The van der Waals surface area contributed by atoms with Crippen LogP contribution in [0.25, 0.3) is 0 Å². The summed E-state index contributed by atoms with van der Waals surface area (Å²) in [5, 5.41) is 6.39. The first kappa shape index (κ1) is 11.4. The molecule has 7 heteroatoms. The molecule has 1 amide bonds. The van der Waals surface area contributed by atoms with Gasteiger partial charge in [-0.3, -0.25) is 10.1 Å². The fraction of sp³-hybridized carbons (Fsp3) is 0.100. The van der Waals surface area contributed by atoms with Crippen molar-refractivity contribution in [1.29, 1.82) is 0 Å². The average molecular weight is 253 g/mol. The van der Waals surface area contributed by atoms with E-state index in [0.717, 1.165) is 0 Å². The van der Waals surface area contributed by atoms with Crippen LogP contribution in [0.1, 0.15) is 16.2 Å². The van der Waals surface area contributed by atoms with Crippen molar-refractivity contribution in [2.45, 2.75) is 6.92 Å². The van der Waals surface area contributed by atoms with Gasteiger partial charge in [-0.05, 0) is 25.1 Å². The topological polar surface area (TPSA) is 94.0 Å². The lowest BCUT2D eigenvalue weighted by Gasteiger charge is -2.02. The molecule has 88 valence electrons. The number of nitrogens with one attached hydrogen (secondary N) is 1. The van der Waals surface area contributed by atoms with Gasteiger partial charge in [-0.15, -0.1) is 0 Å². The quantitative estimate of drug-likeness (QED) is 0.796. The Bertz CT molecular complexity index is 567. The van der Waals surface area contributed by atoms with Gasteiger partial charge in [0.05, 0.1) is 10.7 Å². The molecule has 0 aliphatic rings. The molecule has 0 aliphatic carbocycles. The molecule has 1 aromatic carbocycles. The number of aryl methyl sites for hydroxylation is 1. The van der Waals surface area contributed by atoms with Gasteiger partial charge in [0.1, 0.15) is 0 Å². The molecule has 0 saturated heterocycles. The number of anilines is 2. The van der Waals surface area contributed by atoms with Gasteiger partial charge < -0.3 is 10.3 Å². The highest BCUT2D eigenvalue weighted by atomic mass is 35.5. The van der Waals surface area contributed by atoms with E-state index in [1.165, 1.54) is 6.07 Å². The molecule has 17 heavy (non-hydrogen) atoms. The van der Waals surface area contributed by atoms with E-state index in [9.17, 15) is 4.79 Å². The number of carbonyl (C=O) groups excluding carboxylic acids is 1. The molecule has 2 aromatic rings. The summed E-state index contributed by atoms with van der Waals surface area (Å²) in [4.78, 5) is 15.6. The summed E-state index contributed by atoms with van der Waals surface area (Å²) in [6.07, 6.45) is 0. The van der Waals surface area contributed by atoms with E-state index < -0.39 is 5.91 Å². The second-order valence-corrected chi connectivity index (χ2v) is 3.74. The Balaban J connectivity index is 2.17. The van der Waals surface area contributed by atoms with Crippen LogP contribution in [-0.2, 0) is 0 Å². The van der Waals surface area contributed by atoms with Crippen molar-refractivity contribution >= 4 is 29.2 Å². The zero-order valence-corrected chi connectivity index (χ0v) is 9.65. The smallest absolute Gasteiger partial charge is 0.328 e. The first-order valence-corrected chi connectivity index (χ1v) is 5.11. The summed E-state index contributed by atoms with van der Waals surface area (Å²) in [6, 6.07) is 4.62. The molecule has 3 N–H and O–H groups in total. The Hall–Kier alpha value is -2.08. The Morgan fingerprint density at radius 3 is 2.88 bits per heavy atom. The first-order chi connectivity index (χ1) is 8.06. The number of nitrogens with two attached hydrogens (primary N) is 1. The predicted octanol–water partition coefficient (Wildman–Crippen LogP) is 1.87. The number of nitrogen functional groups attached to an aromatic ring is 1. The Kier molecular flexibility index (Phi) is 2.97.